The Kier molecular flexibility index (Phi) is 3.49. The number of methoxy groups -OCH3 is 1. The molecule has 2 fully saturated rings. The van der Waals surface area contributed by atoms with E-state index in [0.717, 1.165) is 24.8 Å². The fourth-order valence-corrected chi connectivity index (χ4v) is 3.26. The number of carbonyl (C=O) groups is 3. The number of carbonyl (C=O) groups excluding carboxylic acids is 3. The Morgan fingerprint density at radius 1 is 1.14 bits per heavy atom. The van der Waals surface area contributed by atoms with Gasteiger partial charge in [-0.2, -0.15) is 0 Å². The molecule has 110 valence electrons. The lowest BCUT2D eigenvalue weighted by Gasteiger charge is -2.16. The maximum atomic E-state index is 12.3. The van der Waals surface area contributed by atoms with Gasteiger partial charge in [-0.3, -0.25) is 14.5 Å². The number of ether oxygens (including phenoxy) is 1. The molecule has 1 heterocycles. The van der Waals surface area contributed by atoms with Crippen LogP contribution >= 0.6 is 0 Å². The molecular weight excluding hydrogens is 270 g/mol. The van der Waals surface area contributed by atoms with E-state index >= 15 is 0 Å². The van der Waals surface area contributed by atoms with E-state index in [9.17, 15) is 14.4 Å². The molecular formula is C16H17NO4. The fraction of sp³-hybridized carbons (Fsp3) is 0.438. The Morgan fingerprint density at radius 3 is 2.24 bits per heavy atom. The third-order valence-corrected chi connectivity index (χ3v) is 4.40. The zero-order valence-corrected chi connectivity index (χ0v) is 11.9. The normalized spacial score (nSPS) is 24.3. The van der Waals surface area contributed by atoms with E-state index in [0.29, 0.717) is 5.56 Å². The minimum Gasteiger partial charge on any atom is -0.465 e. The maximum Gasteiger partial charge on any atom is 0.337 e. The first-order valence-corrected chi connectivity index (χ1v) is 7.14. The van der Waals surface area contributed by atoms with Crippen LogP contribution in [0, 0.1) is 11.8 Å². The molecule has 0 radical (unpaired) electrons. The second-order valence-electron chi connectivity index (χ2n) is 5.60. The van der Waals surface area contributed by atoms with Crippen LogP contribution in [-0.4, -0.2) is 29.8 Å². The van der Waals surface area contributed by atoms with Crippen molar-refractivity contribution in [1.29, 1.82) is 0 Å². The van der Waals surface area contributed by atoms with Crippen molar-refractivity contribution in [3.63, 3.8) is 0 Å². The van der Waals surface area contributed by atoms with Crippen molar-refractivity contribution in [3.05, 3.63) is 35.4 Å². The lowest BCUT2D eigenvalue weighted by molar-refractivity contribution is -0.141. The van der Waals surface area contributed by atoms with Crippen LogP contribution in [0.25, 0.3) is 0 Å². The largest absolute Gasteiger partial charge is 0.465 e. The molecule has 2 atom stereocenters. The summed E-state index contributed by atoms with van der Waals surface area (Å²) in [6.45, 7) is 0.284. The van der Waals surface area contributed by atoms with Crippen LogP contribution in [0.4, 0.5) is 0 Å². The number of hydrogen-bond acceptors (Lipinski definition) is 4. The Hall–Kier alpha value is -2.17. The van der Waals surface area contributed by atoms with Crippen molar-refractivity contribution in [2.75, 3.05) is 7.11 Å². The molecule has 0 N–H and O–H groups in total. The molecule has 1 saturated carbocycles. The zero-order valence-electron chi connectivity index (χ0n) is 11.9. The number of fused-ring (bicyclic) bond motifs is 1. The molecule has 0 aromatic heterocycles. The topological polar surface area (TPSA) is 63.7 Å². The number of benzene rings is 1. The molecule has 1 aliphatic carbocycles. The molecule has 0 bridgehead atoms. The Labute approximate surface area is 122 Å². The van der Waals surface area contributed by atoms with Crippen molar-refractivity contribution in [2.24, 2.45) is 11.8 Å². The van der Waals surface area contributed by atoms with Crippen LogP contribution in [-0.2, 0) is 20.9 Å². The Morgan fingerprint density at radius 2 is 1.71 bits per heavy atom. The van der Waals surface area contributed by atoms with E-state index in [-0.39, 0.29) is 30.2 Å². The van der Waals surface area contributed by atoms with Gasteiger partial charge in [0.1, 0.15) is 0 Å². The molecule has 1 aliphatic heterocycles. The highest BCUT2D eigenvalue weighted by atomic mass is 16.5. The third-order valence-electron chi connectivity index (χ3n) is 4.40. The molecule has 21 heavy (non-hydrogen) atoms. The minimum absolute atomic E-state index is 0.0421. The molecule has 5 heteroatoms. The summed E-state index contributed by atoms with van der Waals surface area (Å²) < 4.78 is 4.64. The van der Waals surface area contributed by atoms with E-state index in [1.807, 2.05) is 0 Å². The monoisotopic (exact) mass is 287 g/mol. The molecule has 1 aromatic carbocycles. The van der Waals surface area contributed by atoms with Crippen LogP contribution in [0.15, 0.2) is 24.3 Å². The van der Waals surface area contributed by atoms with Gasteiger partial charge in [-0.15, -0.1) is 0 Å². The van der Waals surface area contributed by atoms with Crippen LogP contribution in [0.3, 0.4) is 0 Å². The molecule has 1 aromatic rings. The van der Waals surface area contributed by atoms with Crippen LogP contribution in [0.5, 0.6) is 0 Å². The fourth-order valence-electron chi connectivity index (χ4n) is 3.26. The van der Waals surface area contributed by atoms with Gasteiger partial charge in [0.15, 0.2) is 0 Å². The van der Waals surface area contributed by atoms with E-state index in [2.05, 4.69) is 4.74 Å². The van der Waals surface area contributed by atoms with Gasteiger partial charge in [0, 0.05) is 0 Å². The number of nitrogens with zero attached hydrogens (tertiary/aromatic N) is 1. The summed E-state index contributed by atoms with van der Waals surface area (Å²) in [4.78, 5) is 37.2. The summed E-state index contributed by atoms with van der Waals surface area (Å²) >= 11 is 0. The molecule has 1 saturated heterocycles. The highest BCUT2D eigenvalue weighted by molar-refractivity contribution is 6.05. The number of amides is 2. The van der Waals surface area contributed by atoms with Gasteiger partial charge in [-0.05, 0) is 30.5 Å². The quantitative estimate of drug-likeness (QED) is 0.627. The minimum atomic E-state index is -0.399. The number of likely N-dealkylation sites (tertiary alicyclic amines) is 1. The highest BCUT2D eigenvalue weighted by Gasteiger charge is 2.49. The molecule has 2 aliphatic rings. The number of esters is 1. The first kappa shape index (κ1) is 13.8. The number of rotatable bonds is 3. The van der Waals surface area contributed by atoms with E-state index in [1.54, 1.807) is 24.3 Å². The summed E-state index contributed by atoms with van der Waals surface area (Å²) in [5.41, 5.74) is 1.29. The van der Waals surface area contributed by atoms with E-state index < -0.39 is 5.97 Å². The smallest absolute Gasteiger partial charge is 0.337 e. The van der Waals surface area contributed by atoms with Crippen LogP contribution in [0.2, 0.25) is 0 Å². The second-order valence-corrected chi connectivity index (χ2v) is 5.60. The summed E-state index contributed by atoms with van der Waals surface area (Å²) in [5.74, 6) is -0.692. The zero-order chi connectivity index (χ0) is 15.0. The first-order chi connectivity index (χ1) is 10.1. The predicted molar refractivity (Wildman–Crippen MR) is 74.2 cm³/mol. The SMILES string of the molecule is COC(=O)c1ccc(CN2C(=O)C3CCCC3C2=O)cc1. The van der Waals surface area contributed by atoms with Gasteiger partial charge in [0.2, 0.25) is 11.8 Å². The van der Waals surface area contributed by atoms with Gasteiger partial charge in [0.05, 0.1) is 31.1 Å². The summed E-state index contributed by atoms with van der Waals surface area (Å²) in [5, 5.41) is 0. The van der Waals surface area contributed by atoms with Crippen molar-refractivity contribution < 1.29 is 19.1 Å². The third kappa shape index (κ3) is 2.33. The lowest BCUT2D eigenvalue weighted by atomic mass is 10.00. The van der Waals surface area contributed by atoms with Gasteiger partial charge >= 0.3 is 5.97 Å². The summed E-state index contributed by atoms with van der Waals surface area (Å²) in [6.07, 6.45) is 2.62. The standard InChI is InChI=1S/C16H17NO4/c1-21-16(20)11-7-5-10(6-8-11)9-17-14(18)12-3-2-4-13(12)15(17)19/h5-8,12-13H,2-4,9H2,1H3. The molecule has 2 unspecified atom stereocenters. The maximum absolute atomic E-state index is 12.3. The van der Waals surface area contributed by atoms with Gasteiger partial charge in [-0.25, -0.2) is 4.79 Å². The van der Waals surface area contributed by atoms with Crippen molar-refractivity contribution in [1.82, 2.24) is 4.90 Å². The highest BCUT2D eigenvalue weighted by Crippen LogP contribution is 2.40. The lowest BCUT2D eigenvalue weighted by Crippen LogP contribution is -2.31. The van der Waals surface area contributed by atoms with Crippen molar-refractivity contribution in [3.8, 4) is 0 Å². The molecule has 2 amide bonds. The number of hydrogen-bond donors (Lipinski definition) is 0. The Balaban J connectivity index is 1.73. The van der Waals surface area contributed by atoms with Crippen molar-refractivity contribution in [2.45, 2.75) is 25.8 Å². The molecule has 5 nitrogen and oxygen atoms in total. The second kappa shape index (κ2) is 5.31. The van der Waals surface area contributed by atoms with Crippen LogP contribution < -0.4 is 0 Å². The molecule has 3 rings (SSSR count). The average molecular weight is 287 g/mol. The van der Waals surface area contributed by atoms with Gasteiger partial charge in [0.25, 0.3) is 0 Å². The molecule has 0 spiro atoms. The van der Waals surface area contributed by atoms with Crippen molar-refractivity contribution >= 4 is 17.8 Å². The summed E-state index contributed by atoms with van der Waals surface area (Å²) in [7, 11) is 1.33. The Bertz CT molecular complexity index is 571. The van der Waals surface area contributed by atoms with Gasteiger partial charge in [-0.1, -0.05) is 18.6 Å². The number of imide groups is 1. The first-order valence-electron chi connectivity index (χ1n) is 7.14. The van der Waals surface area contributed by atoms with Gasteiger partial charge < -0.3 is 4.74 Å². The average Bonchev–Trinajstić information content (AvgIpc) is 3.07. The van der Waals surface area contributed by atoms with E-state index in [4.69, 9.17) is 0 Å². The predicted octanol–water partition coefficient (Wildman–Crippen LogP) is 1.76. The van der Waals surface area contributed by atoms with Crippen LogP contribution in [0.1, 0.15) is 35.2 Å². The van der Waals surface area contributed by atoms with E-state index in [1.165, 1.54) is 12.0 Å². The summed E-state index contributed by atoms with van der Waals surface area (Å²) in [6, 6.07) is 6.79.